The van der Waals surface area contributed by atoms with E-state index in [-0.39, 0.29) is 11.5 Å². The molecule has 2 rings (SSSR count). The molecule has 20 heavy (non-hydrogen) atoms. The molecule has 0 saturated heterocycles. The summed E-state index contributed by atoms with van der Waals surface area (Å²) in [6.45, 7) is 1.40. The highest BCUT2D eigenvalue weighted by Gasteiger charge is 2.17. The zero-order valence-corrected chi connectivity index (χ0v) is 11.6. The number of nitrogens with one attached hydrogen (secondary N) is 2. The maximum atomic E-state index is 11.3. The van der Waals surface area contributed by atoms with Crippen molar-refractivity contribution in [1.29, 1.82) is 0 Å². The molecule has 1 aliphatic carbocycles. The van der Waals surface area contributed by atoms with Gasteiger partial charge in [0.05, 0.1) is 5.56 Å². The third kappa shape index (κ3) is 3.73. The highest BCUT2D eigenvalue weighted by Crippen LogP contribution is 2.26. The minimum Gasteiger partial charge on any atom is -0.478 e. The molecule has 0 aliphatic heterocycles. The van der Waals surface area contributed by atoms with Crippen LogP contribution < -0.4 is 10.6 Å². The molecule has 1 saturated carbocycles. The second-order valence-corrected chi connectivity index (χ2v) is 5.23. The van der Waals surface area contributed by atoms with E-state index in [0.717, 1.165) is 12.8 Å². The molecular weight excluding hydrogens is 256 g/mol. The highest BCUT2D eigenvalue weighted by atomic mass is 16.4. The molecule has 0 bridgehead atoms. The minimum atomic E-state index is -0.990. The van der Waals surface area contributed by atoms with Crippen LogP contribution in [0.2, 0.25) is 0 Å². The lowest BCUT2D eigenvalue weighted by Crippen LogP contribution is -2.23. The van der Waals surface area contributed by atoms with Crippen molar-refractivity contribution < 1.29 is 14.7 Å². The van der Waals surface area contributed by atoms with E-state index < -0.39 is 5.97 Å². The largest absolute Gasteiger partial charge is 0.478 e. The van der Waals surface area contributed by atoms with E-state index in [9.17, 15) is 14.7 Å². The molecule has 108 valence electrons. The Morgan fingerprint density at radius 3 is 2.50 bits per heavy atom. The van der Waals surface area contributed by atoms with E-state index >= 15 is 0 Å². The van der Waals surface area contributed by atoms with Gasteiger partial charge in [-0.15, -0.1) is 0 Å². The number of rotatable bonds is 4. The summed E-state index contributed by atoms with van der Waals surface area (Å²) in [7, 11) is 0. The Morgan fingerprint density at radius 1 is 1.20 bits per heavy atom. The van der Waals surface area contributed by atoms with Crippen LogP contribution in [-0.4, -0.2) is 23.0 Å². The summed E-state index contributed by atoms with van der Waals surface area (Å²) < 4.78 is 0. The molecule has 0 spiro atoms. The van der Waals surface area contributed by atoms with Crippen molar-refractivity contribution in [2.75, 3.05) is 10.6 Å². The van der Waals surface area contributed by atoms with Crippen molar-refractivity contribution in [3.63, 3.8) is 0 Å². The van der Waals surface area contributed by atoms with Crippen LogP contribution in [-0.2, 0) is 4.79 Å². The Balaban J connectivity index is 2.18. The molecule has 1 aromatic carbocycles. The third-order valence-electron chi connectivity index (χ3n) is 3.54. The first kappa shape index (κ1) is 14.4. The van der Waals surface area contributed by atoms with E-state index in [4.69, 9.17) is 0 Å². The quantitative estimate of drug-likeness (QED) is 0.789. The molecule has 0 atom stereocenters. The predicted octanol–water partition coefficient (Wildman–Crippen LogP) is 3.09. The molecule has 0 unspecified atom stereocenters. The monoisotopic (exact) mass is 276 g/mol. The summed E-state index contributed by atoms with van der Waals surface area (Å²) in [4.78, 5) is 22.4. The first-order valence-corrected chi connectivity index (χ1v) is 6.98. The van der Waals surface area contributed by atoms with Gasteiger partial charge in [0.1, 0.15) is 0 Å². The molecule has 1 aliphatic rings. The van der Waals surface area contributed by atoms with Crippen LogP contribution in [0.25, 0.3) is 0 Å². The summed E-state index contributed by atoms with van der Waals surface area (Å²) in [5.74, 6) is -1.20. The number of aromatic carboxylic acids is 1. The fourth-order valence-corrected chi connectivity index (χ4v) is 2.59. The zero-order chi connectivity index (χ0) is 14.5. The first-order chi connectivity index (χ1) is 9.56. The number of carboxylic acid groups (broad SMARTS) is 1. The molecule has 0 radical (unpaired) electrons. The fourth-order valence-electron chi connectivity index (χ4n) is 2.59. The standard InChI is InChI=1S/C15H20N2O3/c1-10(18)16-12-7-8-14(13(9-12)15(19)20)17-11-5-3-2-4-6-11/h7-9,11,17H,2-6H2,1H3,(H,16,18)(H,19,20). The molecule has 5 nitrogen and oxygen atoms in total. The van der Waals surface area contributed by atoms with E-state index in [1.54, 1.807) is 12.1 Å². The minimum absolute atomic E-state index is 0.196. The summed E-state index contributed by atoms with van der Waals surface area (Å²) in [6.07, 6.45) is 5.78. The van der Waals surface area contributed by atoms with Gasteiger partial charge in [-0.3, -0.25) is 4.79 Å². The number of amides is 1. The van der Waals surface area contributed by atoms with Gasteiger partial charge in [0.2, 0.25) is 5.91 Å². The number of carboxylic acids is 1. The summed E-state index contributed by atoms with van der Waals surface area (Å²) in [5, 5.41) is 15.2. The summed E-state index contributed by atoms with van der Waals surface area (Å²) in [6, 6.07) is 5.28. The van der Waals surface area contributed by atoms with Crippen molar-refractivity contribution >= 4 is 23.3 Å². The maximum Gasteiger partial charge on any atom is 0.337 e. The lowest BCUT2D eigenvalue weighted by molar-refractivity contribution is -0.114. The van der Waals surface area contributed by atoms with Gasteiger partial charge >= 0.3 is 5.97 Å². The van der Waals surface area contributed by atoms with Gasteiger partial charge in [-0.2, -0.15) is 0 Å². The number of hydrogen-bond donors (Lipinski definition) is 3. The van der Waals surface area contributed by atoms with Crippen LogP contribution in [0.3, 0.4) is 0 Å². The maximum absolute atomic E-state index is 11.3. The average Bonchev–Trinajstić information content (AvgIpc) is 2.41. The zero-order valence-electron chi connectivity index (χ0n) is 11.6. The van der Waals surface area contributed by atoms with Crippen LogP contribution in [0.1, 0.15) is 49.4 Å². The van der Waals surface area contributed by atoms with Crippen molar-refractivity contribution in [2.45, 2.75) is 45.1 Å². The topological polar surface area (TPSA) is 78.4 Å². The lowest BCUT2D eigenvalue weighted by atomic mass is 9.95. The molecule has 1 amide bonds. The lowest BCUT2D eigenvalue weighted by Gasteiger charge is -2.24. The van der Waals surface area contributed by atoms with Gasteiger partial charge in [0, 0.05) is 24.3 Å². The van der Waals surface area contributed by atoms with Gasteiger partial charge in [-0.05, 0) is 31.0 Å². The van der Waals surface area contributed by atoms with Crippen molar-refractivity contribution in [3.8, 4) is 0 Å². The predicted molar refractivity (Wildman–Crippen MR) is 78.2 cm³/mol. The molecule has 1 aromatic rings. The molecule has 0 aromatic heterocycles. The summed E-state index contributed by atoms with van der Waals surface area (Å²) >= 11 is 0. The van der Waals surface area contributed by atoms with Crippen LogP contribution >= 0.6 is 0 Å². The van der Waals surface area contributed by atoms with Gasteiger partial charge in [0.15, 0.2) is 0 Å². The van der Waals surface area contributed by atoms with Crippen LogP contribution in [0.5, 0.6) is 0 Å². The Kier molecular flexibility index (Phi) is 4.61. The van der Waals surface area contributed by atoms with Gasteiger partial charge in [0.25, 0.3) is 0 Å². The molecule has 3 N–H and O–H groups in total. The number of carbonyl (C=O) groups excluding carboxylic acids is 1. The smallest absolute Gasteiger partial charge is 0.337 e. The van der Waals surface area contributed by atoms with Crippen LogP contribution in [0, 0.1) is 0 Å². The Labute approximate surface area is 118 Å². The second-order valence-electron chi connectivity index (χ2n) is 5.23. The van der Waals surface area contributed by atoms with Crippen LogP contribution in [0.4, 0.5) is 11.4 Å². The Morgan fingerprint density at radius 2 is 1.90 bits per heavy atom. The van der Waals surface area contributed by atoms with E-state index in [1.807, 2.05) is 0 Å². The summed E-state index contributed by atoms with van der Waals surface area (Å²) in [5.41, 5.74) is 1.32. The first-order valence-electron chi connectivity index (χ1n) is 6.98. The molecule has 0 heterocycles. The number of carbonyl (C=O) groups is 2. The number of hydrogen-bond acceptors (Lipinski definition) is 3. The Bertz CT molecular complexity index is 508. The van der Waals surface area contributed by atoms with E-state index in [2.05, 4.69) is 10.6 Å². The van der Waals surface area contributed by atoms with Gasteiger partial charge in [-0.25, -0.2) is 4.79 Å². The SMILES string of the molecule is CC(=O)Nc1ccc(NC2CCCCC2)c(C(=O)O)c1. The van der Waals surface area contributed by atoms with Gasteiger partial charge < -0.3 is 15.7 Å². The van der Waals surface area contributed by atoms with Crippen molar-refractivity contribution in [1.82, 2.24) is 0 Å². The van der Waals surface area contributed by atoms with Gasteiger partial charge in [-0.1, -0.05) is 19.3 Å². The molecule has 5 heteroatoms. The van der Waals surface area contributed by atoms with Crippen molar-refractivity contribution in [2.24, 2.45) is 0 Å². The highest BCUT2D eigenvalue weighted by molar-refractivity contribution is 5.97. The fraction of sp³-hybridized carbons (Fsp3) is 0.467. The van der Waals surface area contributed by atoms with Crippen molar-refractivity contribution in [3.05, 3.63) is 23.8 Å². The normalized spacial score (nSPS) is 15.7. The average molecular weight is 276 g/mol. The third-order valence-corrected chi connectivity index (χ3v) is 3.54. The Hall–Kier alpha value is -2.04. The number of benzene rings is 1. The van der Waals surface area contributed by atoms with E-state index in [1.165, 1.54) is 32.3 Å². The molecular formula is C15H20N2O3. The molecule has 1 fully saturated rings. The van der Waals surface area contributed by atoms with Crippen LogP contribution in [0.15, 0.2) is 18.2 Å². The second kappa shape index (κ2) is 6.41. The van der Waals surface area contributed by atoms with E-state index in [0.29, 0.717) is 17.4 Å². The number of anilines is 2.